The zero-order chi connectivity index (χ0) is 15.6. The number of aliphatic hydroxyl groups is 1. The molecular weight excluding hydrogens is 292 g/mol. The Hall–Kier alpha value is -1.12. The molecule has 0 amide bonds. The molecule has 1 aliphatic carbocycles. The summed E-state index contributed by atoms with van der Waals surface area (Å²) in [6, 6.07) is 0. The van der Waals surface area contributed by atoms with E-state index in [-0.39, 0.29) is 12.2 Å². The summed E-state index contributed by atoms with van der Waals surface area (Å²) in [6.07, 6.45) is 3.95. The van der Waals surface area contributed by atoms with Crippen molar-refractivity contribution in [1.82, 2.24) is 15.1 Å². The number of hydrogen-bond donors (Lipinski definition) is 2. The molecule has 7 nitrogen and oxygen atoms in total. The predicted octanol–water partition coefficient (Wildman–Crippen LogP) is 1.25. The van der Waals surface area contributed by atoms with Gasteiger partial charge in [0.05, 0.1) is 17.6 Å². The molecule has 1 fully saturated rings. The Morgan fingerprint density at radius 2 is 2.24 bits per heavy atom. The smallest absolute Gasteiger partial charge is 0.312 e. The fraction of sp³-hybridized carbons (Fsp3) is 0.769. The third-order valence-corrected chi connectivity index (χ3v) is 5.40. The molecule has 0 aliphatic heterocycles. The van der Waals surface area contributed by atoms with Gasteiger partial charge in [0, 0.05) is 17.8 Å². The van der Waals surface area contributed by atoms with E-state index in [1.807, 2.05) is 11.8 Å². The quantitative estimate of drug-likeness (QED) is 0.554. The summed E-state index contributed by atoms with van der Waals surface area (Å²) < 4.78 is 1.87. The molecular formula is C13H22N4O3S. The lowest BCUT2D eigenvalue weighted by Crippen LogP contribution is -2.35. The van der Waals surface area contributed by atoms with Gasteiger partial charge < -0.3 is 10.4 Å². The largest absolute Gasteiger partial charge is 0.390 e. The Balaban J connectivity index is 1.86. The van der Waals surface area contributed by atoms with Gasteiger partial charge in [-0.15, -0.1) is 0 Å². The summed E-state index contributed by atoms with van der Waals surface area (Å²) in [7, 11) is 0. The van der Waals surface area contributed by atoms with Gasteiger partial charge in [-0.1, -0.05) is 0 Å². The van der Waals surface area contributed by atoms with E-state index >= 15 is 0 Å². The molecule has 0 radical (unpaired) electrons. The Morgan fingerprint density at radius 1 is 1.57 bits per heavy atom. The van der Waals surface area contributed by atoms with Crippen LogP contribution in [-0.4, -0.2) is 50.0 Å². The van der Waals surface area contributed by atoms with Crippen LogP contribution < -0.4 is 5.32 Å². The van der Waals surface area contributed by atoms with Crippen molar-refractivity contribution in [3.05, 3.63) is 21.5 Å². The molecule has 2 rings (SSSR count). The average Bonchev–Trinajstić information content (AvgIpc) is 3.12. The van der Waals surface area contributed by atoms with Crippen molar-refractivity contribution in [2.75, 3.05) is 19.3 Å². The SMILES string of the molecule is CSC1(CNCC(O)Cn2nc(C)c([N+](=O)[O-])c2C)CC1. The highest BCUT2D eigenvalue weighted by Crippen LogP contribution is 2.46. The molecule has 1 aliphatic rings. The van der Waals surface area contributed by atoms with Crippen LogP contribution in [-0.2, 0) is 6.54 Å². The van der Waals surface area contributed by atoms with Crippen LogP contribution in [0.5, 0.6) is 0 Å². The fourth-order valence-corrected chi connectivity index (χ4v) is 3.21. The minimum Gasteiger partial charge on any atom is -0.390 e. The molecule has 0 saturated heterocycles. The van der Waals surface area contributed by atoms with E-state index in [2.05, 4.69) is 16.7 Å². The molecule has 1 unspecified atom stereocenters. The molecule has 1 heterocycles. The van der Waals surface area contributed by atoms with Crippen molar-refractivity contribution in [1.29, 1.82) is 0 Å². The van der Waals surface area contributed by atoms with Crippen LogP contribution in [0, 0.1) is 24.0 Å². The lowest BCUT2D eigenvalue weighted by Gasteiger charge is -2.16. The molecule has 1 aromatic rings. The lowest BCUT2D eigenvalue weighted by molar-refractivity contribution is -0.386. The van der Waals surface area contributed by atoms with Crippen LogP contribution >= 0.6 is 11.8 Å². The Bertz CT molecular complexity index is 528. The molecule has 0 spiro atoms. The van der Waals surface area contributed by atoms with E-state index in [0.29, 0.717) is 22.7 Å². The summed E-state index contributed by atoms with van der Waals surface area (Å²) in [5.41, 5.74) is 0.908. The van der Waals surface area contributed by atoms with Crippen molar-refractivity contribution in [2.45, 2.75) is 44.1 Å². The molecule has 0 bridgehead atoms. The Kier molecular flexibility index (Phi) is 4.90. The predicted molar refractivity (Wildman–Crippen MR) is 82.7 cm³/mol. The van der Waals surface area contributed by atoms with E-state index < -0.39 is 11.0 Å². The highest BCUT2D eigenvalue weighted by Gasteiger charge is 2.41. The van der Waals surface area contributed by atoms with Crippen molar-refractivity contribution in [3.63, 3.8) is 0 Å². The average molecular weight is 314 g/mol. The zero-order valence-electron chi connectivity index (χ0n) is 12.6. The van der Waals surface area contributed by atoms with Crippen molar-refractivity contribution < 1.29 is 10.0 Å². The van der Waals surface area contributed by atoms with Gasteiger partial charge in [0.15, 0.2) is 0 Å². The second-order valence-corrected chi connectivity index (χ2v) is 6.90. The van der Waals surface area contributed by atoms with E-state index in [1.165, 1.54) is 17.5 Å². The summed E-state index contributed by atoms with van der Waals surface area (Å²) in [5, 5.41) is 28.4. The van der Waals surface area contributed by atoms with Gasteiger partial charge >= 0.3 is 5.69 Å². The van der Waals surface area contributed by atoms with Crippen LogP contribution in [0.1, 0.15) is 24.2 Å². The van der Waals surface area contributed by atoms with Gasteiger partial charge in [0.25, 0.3) is 0 Å². The maximum Gasteiger partial charge on any atom is 0.312 e. The summed E-state index contributed by atoms with van der Waals surface area (Å²) in [4.78, 5) is 10.5. The van der Waals surface area contributed by atoms with E-state index in [0.717, 1.165) is 6.54 Å². The van der Waals surface area contributed by atoms with Gasteiger partial charge in [-0.05, 0) is 32.9 Å². The molecule has 0 aromatic carbocycles. The first-order chi connectivity index (χ1) is 9.88. The number of hydrogen-bond acceptors (Lipinski definition) is 6. The molecule has 21 heavy (non-hydrogen) atoms. The van der Waals surface area contributed by atoms with E-state index in [9.17, 15) is 15.2 Å². The minimum atomic E-state index is -0.611. The van der Waals surface area contributed by atoms with Crippen molar-refractivity contribution >= 4 is 17.4 Å². The van der Waals surface area contributed by atoms with Crippen LogP contribution in [0.15, 0.2) is 0 Å². The topological polar surface area (TPSA) is 93.2 Å². The monoisotopic (exact) mass is 314 g/mol. The highest BCUT2D eigenvalue weighted by atomic mass is 32.2. The van der Waals surface area contributed by atoms with E-state index in [1.54, 1.807) is 13.8 Å². The molecule has 2 N–H and O–H groups in total. The zero-order valence-corrected chi connectivity index (χ0v) is 13.4. The van der Waals surface area contributed by atoms with Gasteiger partial charge in [-0.3, -0.25) is 14.8 Å². The number of rotatable bonds is 8. The summed E-state index contributed by atoms with van der Waals surface area (Å²) >= 11 is 1.87. The van der Waals surface area contributed by atoms with Crippen molar-refractivity contribution in [2.24, 2.45) is 0 Å². The molecule has 1 saturated carbocycles. The van der Waals surface area contributed by atoms with Gasteiger partial charge in [-0.2, -0.15) is 16.9 Å². The first kappa shape index (κ1) is 16.3. The standard InChI is InChI=1S/C13H22N4O3S/c1-9-12(17(19)20)10(2)16(15-9)7-11(18)6-14-8-13(21-3)4-5-13/h11,14,18H,4-8H2,1-3H3. The number of thioether (sulfide) groups is 1. The third kappa shape index (κ3) is 3.75. The fourth-order valence-electron chi connectivity index (χ4n) is 2.45. The molecule has 8 heteroatoms. The number of aliphatic hydroxyl groups excluding tert-OH is 1. The first-order valence-electron chi connectivity index (χ1n) is 7.01. The lowest BCUT2D eigenvalue weighted by atomic mass is 10.3. The molecule has 118 valence electrons. The van der Waals surface area contributed by atoms with Gasteiger partial charge in [-0.25, -0.2) is 0 Å². The minimum absolute atomic E-state index is 0.0366. The van der Waals surface area contributed by atoms with E-state index in [4.69, 9.17) is 0 Å². The number of nitrogens with one attached hydrogen (secondary N) is 1. The van der Waals surface area contributed by atoms with Crippen LogP contribution in [0.3, 0.4) is 0 Å². The Morgan fingerprint density at radius 3 is 2.71 bits per heavy atom. The first-order valence-corrected chi connectivity index (χ1v) is 8.23. The highest BCUT2D eigenvalue weighted by molar-refractivity contribution is 8.00. The summed E-state index contributed by atoms with van der Waals surface area (Å²) in [6.45, 7) is 4.89. The number of nitro groups is 1. The Labute approximate surface area is 128 Å². The van der Waals surface area contributed by atoms with Crippen molar-refractivity contribution in [3.8, 4) is 0 Å². The maximum absolute atomic E-state index is 10.9. The summed E-state index contributed by atoms with van der Waals surface area (Å²) in [5.74, 6) is 0. The number of nitrogens with zero attached hydrogens (tertiary/aromatic N) is 3. The van der Waals surface area contributed by atoms with Crippen LogP contribution in [0.2, 0.25) is 0 Å². The van der Waals surface area contributed by atoms with Crippen LogP contribution in [0.25, 0.3) is 0 Å². The number of aromatic nitrogens is 2. The third-order valence-electron chi connectivity index (χ3n) is 3.98. The van der Waals surface area contributed by atoms with Gasteiger partial charge in [0.2, 0.25) is 0 Å². The maximum atomic E-state index is 10.9. The van der Waals surface area contributed by atoms with Crippen LogP contribution in [0.4, 0.5) is 5.69 Å². The number of aryl methyl sites for hydroxylation is 1. The second-order valence-electron chi connectivity index (χ2n) is 5.63. The normalized spacial score (nSPS) is 17.7. The molecule has 1 atom stereocenters. The second kappa shape index (κ2) is 6.33. The van der Waals surface area contributed by atoms with Gasteiger partial charge in [0.1, 0.15) is 11.4 Å². The molecule has 1 aromatic heterocycles.